The molecular formula is C13H18FNO2. The van der Waals surface area contributed by atoms with E-state index in [9.17, 15) is 9.18 Å². The lowest BCUT2D eigenvalue weighted by Gasteiger charge is -2.19. The molecule has 0 saturated carbocycles. The molecule has 0 fully saturated rings. The Morgan fingerprint density at radius 1 is 1.41 bits per heavy atom. The molecule has 1 aromatic carbocycles. The monoisotopic (exact) mass is 239 g/mol. The first-order valence-corrected chi connectivity index (χ1v) is 5.50. The van der Waals surface area contributed by atoms with Gasteiger partial charge >= 0.3 is 6.09 Å². The van der Waals surface area contributed by atoms with Crippen molar-refractivity contribution in [2.45, 2.75) is 39.8 Å². The van der Waals surface area contributed by atoms with Gasteiger partial charge < -0.3 is 10.1 Å². The van der Waals surface area contributed by atoms with Crippen LogP contribution in [0.3, 0.4) is 0 Å². The Balaban J connectivity index is 2.53. The molecule has 0 aromatic heterocycles. The van der Waals surface area contributed by atoms with E-state index >= 15 is 0 Å². The topological polar surface area (TPSA) is 38.3 Å². The van der Waals surface area contributed by atoms with Crippen molar-refractivity contribution in [2.24, 2.45) is 0 Å². The van der Waals surface area contributed by atoms with Gasteiger partial charge in [0, 0.05) is 12.1 Å². The molecule has 1 N–H and O–H groups in total. The van der Waals surface area contributed by atoms with Crippen molar-refractivity contribution in [3.8, 4) is 0 Å². The number of benzene rings is 1. The summed E-state index contributed by atoms with van der Waals surface area (Å²) in [6, 6.07) is 4.89. The minimum atomic E-state index is -0.546. The second-order valence-electron chi connectivity index (χ2n) is 4.95. The maximum absolute atomic E-state index is 13.4. The van der Waals surface area contributed by atoms with Crippen LogP contribution in [0.25, 0.3) is 0 Å². The van der Waals surface area contributed by atoms with Crippen molar-refractivity contribution in [3.63, 3.8) is 0 Å². The van der Waals surface area contributed by atoms with Gasteiger partial charge in [-0.2, -0.15) is 0 Å². The summed E-state index contributed by atoms with van der Waals surface area (Å²) in [5.41, 5.74) is 0.751. The lowest BCUT2D eigenvalue weighted by Crippen LogP contribution is -2.32. The highest BCUT2D eigenvalue weighted by Crippen LogP contribution is 2.10. The molecule has 0 saturated heterocycles. The zero-order valence-corrected chi connectivity index (χ0v) is 10.6. The van der Waals surface area contributed by atoms with Gasteiger partial charge in [0.05, 0.1) is 0 Å². The zero-order chi connectivity index (χ0) is 13.1. The quantitative estimate of drug-likeness (QED) is 0.860. The van der Waals surface area contributed by atoms with E-state index in [4.69, 9.17) is 4.74 Å². The Hall–Kier alpha value is -1.58. The number of aryl methyl sites for hydroxylation is 1. The van der Waals surface area contributed by atoms with Crippen molar-refractivity contribution in [3.05, 3.63) is 35.1 Å². The molecule has 0 radical (unpaired) electrons. The first kappa shape index (κ1) is 13.5. The molecule has 17 heavy (non-hydrogen) atoms. The molecule has 3 nitrogen and oxygen atoms in total. The van der Waals surface area contributed by atoms with Gasteiger partial charge in [0.15, 0.2) is 0 Å². The number of rotatable bonds is 2. The fraction of sp³-hybridized carbons (Fsp3) is 0.462. The van der Waals surface area contributed by atoms with E-state index in [-0.39, 0.29) is 12.4 Å². The van der Waals surface area contributed by atoms with Gasteiger partial charge in [-0.15, -0.1) is 0 Å². The summed E-state index contributed by atoms with van der Waals surface area (Å²) in [7, 11) is 0. The molecule has 0 spiro atoms. The minimum absolute atomic E-state index is 0.126. The molecule has 0 aliphatic rings. The van der Waals surface area contributed by atoms with Crippen LogP contribution in [-0.2, 0) is 11.3 Å². The van der Waals surface area contributed by atoms with Crippen molar-refractivity contribution >= 4 is 6.09 Å². The van der Waals surface area contributed by atoms with Crippen molar-refractivity contribution in [1.82, 2.24) is 5.32 Å². The Bertz CT molecular complexity index is 410. The predicted octanol–water partition coefficient (Wildman–Crippen LogP) is 3.16. The number of hydrogen-bond donors (Lipinski definition) is 1. The zero-order valence-electron chi connectivity index (χ0n) is 10.6. The SMILES string of the molecule is Cc1ccc(CNC(=O)OC(C)(C)C)c(F)c1. The van der Waals surface area contributed by atoms with E-state index in [0.717, 1.165) is 5.56 Å². The largest absolute Gasteiger partial charge is 0.444 e. The Morgan fingerprint density at radius 2 is 2.06 bits per heavy atom. The number of ether oxygens (including phenoxy) is 1. The normalized spacial score (nSPS) is 11.1. The molecule has 1 rings (SSSR count). The number of nitrogens with one attached hydrogen (secondary N) is 1. The number of halogens is 1. The van der Waals surface area contributed by atoms with E-state index in [2.05, 4.69) is 5.32 Å². The molecule has 94 valence electrons. The first-order valence-electron chi connectivity index (χ1n) is 5.50. The third-order valence-electron chi connectivity index (χ3n) is 2.03. The van der Waals surface area contributed by atoms with Crippen LogP contribution in [0.5, 0.6) is 0 Å². The number of carbonyl (C=O) groups excluding carboxylic acids is 1. The first-order chi connectivity index (χ1) is 7.78. The number of carbonyl (C=O) groups is 1. The lowest BCUT2D eigenvalue weighted by molar-refractivity contribution is 0.0523. The molecule has 0 atom stereocenters. The minimum Gasteiger partial charge on any atom is -0.444 e. The molecule has 0 aliphatic carbocycles. The average Bonchev–Trinajstić information content (AvgIpc) is 2.13. The number of amides is 1. The number of hydrogen-bond acceptors (Lipinski definition) is 2. The van der Waals surface area contributed by atoms with Crippen LogP contribution < -0.4 is 5.32 Å². The molecule has 1 amide bonds. The van der Waals surface area contributed by atoms with Crippen molar-refractivity contribution < 1.29 is 13.9 Å². The van der Waals surface area contributed by atoms with Crippen molar-refractivity contribution in [1.29, 1.82) is 0 Å². The highest BCUT2D eigenvalue weighted by Gasteiger charge is 2.16. The fourth-order valence-corrected chi connectivity index (χ4v) is 1.28. The Labute approximate surface area is 101 Å². The van der Waals surface area contributed by atoms with E-state index in [0.29, 0.717) is 5.56 Å². The van der Waals surface area contributed by atoms with Crippen LogP contribution in [0.2, 0.25) is 0 Å². The molecule has 1 aromatic rings. The van der Waals surface area contributed by atoms with E-state index in [1.807, 2.05) is 6.92 Å². The summed E-state index contributed by atoms with van der Waals surface area (Å²) in [5, 5.41) is 2.51. The highest BCUT2D eigenvalue weighted by atomic mass is 19.1. The highest BCUT2D eigenvalue weighted by molar-refractivity contribution is 5.67. The third kappa shape index (κ3) is 4.85. The smallest absolute Gasteiger partial charge is 0.407 e. The van der Waals surface area contributed by atoms with Gasteiger partial charge in [-0.3, -0.25) is 0 Å². The molecule has 0 heterocycles. The van der Waals surface area contributed by atoms with Gasteiger partial charge in [-0.05, 0) is 39.3 Å². The van der Waals surface area contributed by atoms with E-state index < -0.39 is 11.7 Å². The number of alkyl carbamates (subject to hydrolysis) is 1. The lowest BCUT2D eigenvalue weighted by atomic mass is 10.1. The predicted molar refractivity (Wildman–Crippen MR) is 64.2 cm³/mol. The summed E-state index contributed by atoms with van der Waals surface area (Å²) < 4.78 is 18.5. The van der Waals surface area contributed by atoms with Gasteiger partial charge in [0.2, 0.25) is 0 Å². The van der Waals surface area contributed by atoms with Crippen molar-refractivity contribution in [2.75, 3.05) is 0 Å². The maximum atomic E-state index is 13.4. The summed E-state index contributed by atoms with van der Waals surface area (Å²) in [4.78, 5) is 11.4. The summed E-state index contributed by atoms with van der Waals surface area (Å²) in [5.74, 6) is -0.318. The second kappa shape index (κ2) is 5.17. The summed E-state index contributed by atoms with van der Waals surface area (Å²) >= 11 is 0. The average molecular weight is 239 g/mol. The summed E-state index contributed by atoms with van der Waals surface area (Å²) in [6.07, 6.45) is -0.544. The molecule has 4 heteroatoms. The summed E-state index contributed by atoms with van der Waals surface area (Å²) in [6.45, 7) is 7.27. The standard InChI is InChI=1S/C13H18FNO2/c1-9-5-6-10(11(14)7-9)8-15-12(16)17-13(2,3)4/h5-7H,8H2,1-4H3,(H,15,16). The Kier molecular flexibility index (Phi) is 4.10. The van der Waals surface area contributed by atoms with Crippen LogP contribution in [0.1, 0.15) is 31.9 Å². The maximum Gasteiger partial charge on any atom is 0.407 e. The second-order valence-corrected chi connectivity index (χ2v) is 4.95. The van der Waals surface area contributed by atoms with Gasteiger partial charge in [-0.25, -0.2) is 9.18 Å². The third-order valence-corrected chi connectivity index (χ3v) is 2.03. The van der Waals surface area contributed by atoms with Gasteiger partial charge in [0.25, 0.3) is 0 Å². The van der Waals surface area contributed by atoms with Gasteiger partial charge in [-0.1, -0.05) is 12.1 Å². The Morgan fingerprint density at radius 3 is 2.59 bits per heavy atom. The molecular weight excluding hydrogens is 221 g/mol. The van der Waals surface area contributed by atoms with E-state index in [1.165, 1.54) is 6.07 Å². The van der Waals surface area contributed by atoms with Crippen LogP contribution in [0.15, 0.2) is 18.2 Å². The molecule has 0 bridgehead atoms. The van der Waals surface area contributed by atoms with Crippen LogP contribution in [0, 0.1) is 12.7 Å². The van der Waals surface area contributed by atoms with Crippen LogP contribution in [0.4, 0.5) is 9.18 Å². The van der Waals surface area contributed by atoms with E-state index in [1.54, 1.807) is 32.9 Å². The molecule has 0 unspecified atom stereocenters. The van der Waals surface area contributed by atoms with Crippen LogP contribution >= 0.6 is 0 Å². The van der Waals surface area contributed by atoms with Crippen LogP contribution in [-0.4, -0.2) is 11.7 Å². The molecule has 0 aliphatic heterocycles. The fourth-order valence-electron chi connectivity index (χ4n) is 1.28. The van der Waals surface area contributed by atoms with Gasteiger partial charge in [0.1, 0.15) is 11.4 Å².